The molecule has 140 valence electrons. The highest BCUT2D eigenvalue weighted by Crippen LogP contribution is 2.30. The highest BCUT2D eigenvalue weighted by molar-refractivity contribution is 5.73. The molecular formula is C18H18F3NO4. The number of benzene rings is 2. The number of carboxylic acid groups (broad SMARTS) is 1. The van der Waals surface area contributed by atoms with Crippen LogP contribution in [0.3, 0.4) is 0 Å². The molecule has 1 aliphatic heterocycles. The number of carboxylic acids is 1. The zero-order valence-corrected chi connectivity index (χ0v) is 13.7. The van der Waals surface area contributed by atoms with Gasteiger partial charge in [-0.3, -0.25) is 0 Å². The Morgan fingerprint density at radius 1 is 1.12 bits per heavy atom. The monoisotopic (exact) mass is 369 g/mol. The van der Waals surface area contributed by atoms with Gasteiger partial charge in [0.25, 0.3) is 0 Å². The van der Waals surface area contributed by atoms with Gasteiger partial charge in [-0.15, -0.1) is 0 Å². The van der Waals surface area contributed by atoms with Gasteiger partial charge in [-0.2, -0.15) is 13.2 Å². The molecule has 2 aromatic carbocycles. The molecule has 1 saturated heterocycles. The molecule has 1 heterocycles. The molecule has 0 aliphatic carbocycles. The second-order valence-corrected chi connectivity index (χ2v) is 5.34. The van der Waals surface area contributed by atoms with Crippen LogP contribution in [-0.4, -0.2) is 37.0 Å². The van der Waals surface area contributed by atoms with E-state index in [1.807, 2.05) is 48.5 Å². The fraction of sp³-hybridized carbons (Fsp3) is 0.278. The molecule has 0 spiro atoms. The third-order valence-electron chi connectivity index (χ3n) is 3.43. The molecule has 0 radical (unpaired) electrons. The number of hydrogen-bond donors (Lipinski definition) is 2. The van der Waals surface area contributed by atoms with Gasteiger partial charge in [-0.1, -0.05) is 36.4 Å². The molecule has 0 saturated carbocycles. The Morgan fingerprint density at radius 2 is 1.73 bits per heavy atom. The molecule has 8 heteroatoms. The van der Waals surface area contributed by atoms with E-state index in [-0.39, 0.29) is 6.04 Å². The number of hydrogen-bond acceptors (Lipinski definition) is 4. The van der Waals surface area contributed by atoms with E-state index >= 15 is 0 Å². The molecule has 1 atom stereocenters. The summed E-state index contributed by atoms with van der Waals surface area (Å²) in [6.07, 6.45) is -5.08. The van der Waals surface area contributed by atoms with Crippen molar-refractivity contribution in [2.24, 2.45) is 0 Å². The lowest BCUT2D eigenvalue weighted by atomic mass is 10.1. The van der Waals surface area contributed by atoms with Crippen LogP contribution in [0.2, 0.25) is 0 Å². The van der Waals surface area contributed by atoms with Gasteiger partial charge in [-0.25, -0.2) is 4.79 Å². The van der Waals surface area contributed by atoms with Crippen LogP contribution in [0.15, 0.2) is 54.6 Å². The van der Waals surface area contributed by atoms with Crippen molar-refractivity contribution in [3.05, 3.63) is 60.2 Å². The summed E-state index contributed by atoms with van der Waals surface area (Å²) in [6, 6.07) is 18.2. The Morgan fingerprint density at radius 3 is 2.31 bits per heavy atom. The number of para-hydroxylation sites is 2. The summed E-state index contributed by atoms with van der Waals surface area (Å²) in [7, 11) is 0. The maximum absolute atomic E-state index is 10.6. The Balaban J connectivity index is 0.000000298. The fourth-order valence-corrected chi connectivity index (χ4v) is 2.24. The number of aliphatic carboxylic acids is 1. The van der Waals surface area contributed by atoms with Crippen LogP contribution < -0.4 is 10.1 Å². The third-order valence-corrected chi connectivity index (χ3v) is 3.43. The van der Waals surface area contributed by atoms with Gasteiger partial charge < -0.3 is 19.9 Å². The fourth-order valence-electron chi connectivity index (χ4n) is 2.24. The minimum atomic E-state index is -5.08. The minimum Gasteiger partial charge on any atom is -0.475 e. The van der Waals surface area contributed by atoms with Crippen molar-refractivity contribution in [1.82, 2.24) is 5.32 Å². The van der Waals surface area contributed by atoms with E-state index in [0.717, 1.165) is 30.2 Å². The molecule has 3 rings (SSSR count). The summed E-state index contributed by atoms with van der Waals surface area (Å²) in [5.74, 6) is -1.02. The molecule has 0 bridgehead atoms. The van der Waals surface area contributed by atoms with E-state index in [9.17, 15) is 13.2 Å². The van der Waals surface area contributed by atoms with E-state index in [1.165, 1.54) is 0 Å². The predicted octanol–water partition coefficient (Wildman–Crippen LogP) is 3.77. The number of halogens is 3. The van der Waals surface area contributed by atoms with Crippen molar-refractivity contribution in [1.29, 1.82) is 0 Å². The van der Waals surface area contributed by atoms with Gasteiger partial charge >= 0.3 is 12.1 Å². The smallest absolute Gasteiger partial charge is 0.475 e. The minimum absolute atomic E-state index is 0.202. The van der Waals surface area contributed by atoms with Crippen molar-refractivity contribution in [3.8, 4) is 11.5 Å². The normalized spacial score (nSPS) is 17.0. The molecule has 1 unspecified atom stereocenters. The summed E-state index contributed by atoms with van der Waals surface area (Å²) in [5, 5.41) is 10.6. The van der Waals surface area contributed by atoms with E-state index in [2.05, 4.69) is 11.4 Å². The van der Waals surface area contributed by atoms with Gasteiger partial charge in [0.15, 0.2) is 0 Å². The lowest BCUT2D eigenvalue weighted by Crippen LogP contribution is -2.34. The quantitative estimate of drug-likeness (QED) is 0.862. The number of nitrogens with one attached hydrogen (secondary N) is 1. The molecule has 2 aromatic rings. The van der Waals surface area contributed by atoms with Crippen molar-refractivity contribution in [3.63, 3.8) is 0 Å². The lowest BCUT2D eigenvalue weighted by molar-refractivity contribution is -0.192. The third kappa shape index (κ3) is 6.05. The van der Waals surface area contributed by atoms with Gasteiger partial charge in [0.1, 0.15) is 11.5 Å². The van der Waals surface area contributed by atoms with E-state index < -0.39 is 12.1 Å². The van der Waals surface area contributed by atoms with Gasteiger partial charge in [-0.05, 0) is 18.2 Å². The number of rotatable bonds is 3. The zero-order chi connectivity index (χ0) is 19.0. The first-order valence-corrected chi connectivity index (χ1v) is 7.81. The van der Waals surface area contributed by atoms with E-state index in [0.29, 0.717) is 6.61 Å². The molecule has 1 aliphatic rings. The first kappa shape index (κ1) is 19.7. The second kappa shape index (κ2) is 9.21. The van der Waals surface area contributed by atoms with Crippen LogP contribution in [0.5, 0.6) is 11.5 Å². The predicted molar refractivity (Wildman–Crippen MR) is 88.2 cm³/mol. The Bertz CT molecular complexity index is 701. The molecule has 2 N–H and O–H groups in total. The highest BCUT2D eigenvalue weighted by Gasteiger charge is 2.38. The van der Waals surface area contributed by atoms with Crippen LogP contribution in [0.4, 0.5) is 13.2 Å². The molecule has 0 amide bonds. The Labute approximate surface area is 148 Å². The highest BCUT2D eigenvalue weighted by atomic mass is 19.4. The molecule has 0 aromatic heterocycles. The van der Waals surface area contributed by atoms with Crippen molar-refractivity contribution >= 4 is 5.97 Å². The summed E-state index contributed by atoms with van der Waals surface area (Å²) in [5.41, 5.74) is 1.14. The van der Waals surface area contributed by atoms with Crippen LogP contribution >= 0.6 is 0 Å². The molecular weight excluding hydrogens is 351 g/mol. The van der Waals surface area contributed by atoms with Crippen molar-refractivity contribution in [2.75, 3.05) is 19.8 Å². The SMILES string of the molecule is O=C(O)C(F)(F)F.c1ccc(Oc2ccccc2C2COCCN2)cc1. The number of carbonyl (C=O) groups is 1. The van der Waals surface area contributed by atoms with Gasteiger partial charge in [0.2, 0.25) is 0 Å². The van der Waals surface area contributed by atoms with Gasteiger partial charge in [0, 0.05) is 12.1 Å². The topological polar surface area (TPSA) is 67.8 Å². The number of morpholine rings is 1. The first-order valence-electron chi connectivity index (χ1n) is 7.81. The average Bonchev–Trinajstić information content (AvgIpc) is 2.63. The molecule has 1 fully saturated rings. The largest absolute Gasteiger partial charge is 0.490 e. The van der Waals surface area contributed by atoms with Crippen LogP contribution in [0, 0.1) is 0 Å². The van der Waals surface area contributed by atoms with Crippen LogP contribution in [0.25, 0.3) is 0 Å². The average molecular weight is 369 g/mol. The summed E-state index contributed by atoms with van der Waals surface area (Å²) >= 11 is 0. The number of ether oxygens (including phenoxy) is 2. The second-order valence-electron chi connectivity index (χ2n) is 5.34. The summed E-state index contributed by atoms with van der Waals surface area (Å²) < 4.78 is 43.2. The van der Waals surface area contributed by atoms with Crippen LogP contribution in [0.1, 0.15) is 11.6 Å². The van der Waals surface area contributed by atoms with E-state index in [1.54, 1.807) is 0 Å². The first-order chi connectivity index (χ1) is 12.4. The van der Waals surface area contributed by atoms with E-state index in [4.69, 9.17) is 19.4 Å². The zero-order valence-electron chi connectivity index (χ0n) is 13.7. The van der Waals surface area contributed by atoms with Gasteiger partial charge in [0.05, 0.1) is 19.3 Å². The van der Waals surface area contributed by atoms with Crippen LogP contribution in [-0.2, 0) is 9.53 Å². The summed E-state index contributed by atoms with van der Waals surface area (Å²) in [4.78, 5) is 8.90. The Kier molecular flexibility index (Phi) is 6.99. The maximum atomic E-state index is 10.6. The van der Waals surface area contributed by atoms with Crippen molar-refractivity contribution < 1.29 is 32.5 Å². The molecule has 26 heavy (non-hydrogen) atoms. The van der Waals surface area contributed by atoms with Crippen molar-refractivity contribution in [2.45, 2.75) is 12.2 Å². The lowest BCUT2D eigenvalue weighted by Gasteiger charge is -2.25. The number of alkyl halides is 3. The summed E-state index contributed by atoms with van der Waals surface area (Å²) in [6.45, 7) is 2.34. The Hall–Kier alpha value is -2.58. The standard InChI is InChI=1S/C16H17NO2.C2HF3O2/c1-2-6-13(7-3-1)19-16-9-5-4-8-14(16)15-12-18-11-10-17-15;3-2(4,5)1(6)7/h1-9,15,17H,10-12H2;(H,6,7). The maximum Gasteiger partial charge on any atom is 0.490 e. The molecule has 5 nitrogen and oxygen atoms in total.